The Hall–Kier alpha value is -0.980. The highest BCUT2D eigenvalue weighted by Crippen LogP contribution is 2.31. The molecule has 1 aromatic carbocycles. The third kappa shape index (κ3) is 2.58. The molecular formula is C15H22O. The molecule has 1 fully saturated rings. The number of hydrogen-bond acceptors (Lipinski definition) is 1. The molecule has 1 aliphatic carbocycles. The van der Waals surface area contributed by atoms with Crippen molar-refractivity contribution in [3.05, 3.63) is 29.3 Å². The summed E-state index contributed by atoms with van der Waals surface area (Å²) in [7, 11) is 0. The largest absolute Gasteiger partial charge is 0.508 e. The summed E-state index contributed by atoms with van der Waals surface area (Å²) >= 11 is 0. The summed E-state index contributed by atoms with van der Waals surface area (Å²) < 4.78 is 0. The second-order valence-electron chi connectivity index (χ2n) is 4.98. The van der Waals surface area contributed by atoms with Crippen molar-refractivity contribution >= 4 is 0 Å². The number of aromatic hydroxyl groups is 1. The van der Waals surface area contributed by atoms with Crippen LogP contribution >= 0.6 is 0 Å². The van der Waals surface area contributed by atoms with Crippen LogP contribution in [0.15, 0.2) is 18.2 Å². The maximum Gasteiger partial charge on any atom is 0.119 e. The fourth-order valence-corrected chi connectivity index (χ4v) is 2.87. The van der Waals surface area contributed by atoms with Gasteiger partial charge in [-0.2, -0.15) is 0 Å². The molecular weight excluding hydrogens is 196 g/mol. The van der Waals surface area contributed by atoms with Gasteiger partial charge >= 0.3 is 0 Å². The van der Waals surface area contributed by atoms with Gasteiger partial charge in [-0.05, 0) is 36.0 Å². The van der Waals surface area contributed by atoms with E-state index in [1.165, 1.54) is 43.2 Å². The average Bonchev–Trinajstić information content (AvgIpc) is 2.33. The lowest BCUT2D eigenvalue weighted by atomic mass is 9.83. The van der Waals surface area contributed by atoms with Crippen LogP contribution in [0.25, 0.3) is 0 Å². The molecule has 1 nitrogen and oxygen atoms in total. The minimum absolute atomic E-state index is 0.505. The Morgan fingerprint density at radius 2 is 1.94 bits per heavy atom. The topological polar surface area (TPSA) is 20.2 Å². The molecule has 0 aromatic heterocycles. The third-order valence-corrected chi connectivity index (χ3v) is 3.85. The predicted octanol–water partition coefficient (Wildman–Crippen LogP) is 4.08. The van der Waals surface area contributed by atoms with Crippen molar-refractivity contribution < 1.29 is 5.11 Å². The van der Waals surface area contributed by atoms with Gasteiger partial charge in [0, 0.05) is 0 Å². The molecule has 0 spiro atoms. The van der Waals surface area contributed by atoms with Crippen molar-refractivity contribution in [1.82, 2.24) is 0 Å². The zero-order valence-electron chi connectivity index (χ0n) is 10.2. The van der Waals surface area contributed by atoms with Gasteiger partial charge in [-0.1, -0.05) is 51.2 Å². The average molecular weight is 218 g/mol. The molecule has 0 bridgehead atoms. The van der Waals surface area contributed by atoms with Crippen LogP contribution in [0.5, 0.6) is 5.75 Å². The number of phenolic OH excluding ortho intramolecular Hbond substituents is 1. The van der Waals surface area contributed by atoms with Gasteiger partial charge in [0.25, 0.3) is 0 Å². The molecule has 1 heteroatoms. The lowest BCUT2D eigenvalue weighted by Gasteiger charge is -2.23. The van der Waals surface area contributed by atoms with Crippen LogP contribution in [0.2, 0.25) is 0 Å². The highest BCUT2D eigenvalue weighted by Gasteiger charge is 2.17. The summed E-state index contributed by atoms with van der Waals surface area (Å²) in [6.45, 7) is 2.17. The molecule has 1 aliphatic rings. The van der Waals surface area contributed by atoms with Crippen molar-refractivity contribution in [1.29, 1.82) is 0 Å². The molecule has 0 unspecified atom stereocenters. The third-order valence-electron chi connectivity index (χ3n) is 3.85. The quantitative estimate of drug-likeness (QED) is 0.810. The first-order valence-corrected chi connectivity index (χ1v) is 6.61. The fraction of sp³-hybridized carbons (Fsp3) is 0.600. The molecule has 1 N–H and O–H groups in total. The van der Waals surface area contributed by atoms with Crippen molar-refractivity contribution in [2.24, 2.45) is 5.92 Å². The fourth-order valence-electron chi connectivity index (χ4n) is 2.87. The number of rotatable bonds is 3. The van der Waals surface area contributed by atoms with Crippen LogP contribution in [-0.2, 0) is 12.8 Å². The van der Waals surface area contributed by atoms with Crippen LogP contribution in [-0.4, -0.2) is 5.11 Å². The maximum atomic E-state index is 9.95. The highest BCUT2D eigenvalue weighted by molar-refractivity contribution is 5.39. The van der Waals surface area contributed by atoms with E-state index in [9.17, 15) is 5.11 Å². The monoisotopic (exact) mass is 218 g/mol. The van der Waals surface area contributed by atoms with E-state index in [-0.39, 0.29) is 0 Å². The molecule has 0 radical (unpaired) electrons. The Morgan fingerprint density at radius 3 is 2.62 bits per heavy atom. The predicted molar refractivity (Wildman–Crippen MR) is 67.8 cm³/mol. The molecule has 16 heavy (non-hydrogen) atoms. The summed E-state index contributed by atoms with van der Waals surface area (Å²) in [6.07, 6.45) is 8.94. The summed E-state index contributed by atoms with van der Waals surface area (Å²) in [6, 6.07) is 5.94. The first-order chi connectivity index (χ1) is 7.81. The first-order valence-electron chi connectivity index (χ1n) is 6.61. The van der Waals surface area contributed by atoms with E-state index >= 15 is 0 Å². The van der Waals surface area contributed by atoms with Crippen molar-refractivity contribution in [2.45, 2.75) is 51.9 Å². The van der Waals surface area contributed by atoms with Crippen LogP contribution in [0.3, 0.4) is 0 Å². The highest BCUT2D eigenvalue weighted by atomic mass is 16.3. The SMILES string of the molecule is CCc1cccc(O)c1CC1CCCCC1. The number of phenols is 1. The van der Waals surface area contributed by atoms with E-state index in [4.69, 9.17) is 0 Å². The van der Waals surface area contributed by atoms with Gasteiger partial charge in [-0.25, -0.2) is 0 Å². The van der Waals surface area contributed by atoms with Gasteiger partial charge in [-0.15, -0.1) is 0 Å². The van der Waals surface area contributed by atoms with E-state index in [1.807, 2.05) is 12.1 Å². The Morgan fingerprint density at radius 1 is 1.19 bits per heavy atom. The summed E-state index contributed by atoms with van der Waals surface area (Å²) in [5, 5.41) is 9.95. The first kappa shape index (κ1) is 11.5. The zero-order valence-corrected chi connectivity index (χ0v) is 10.2. The summed E-state index contributed by atoms with van der Waals surface area (Å²) in [5.41, 5.74) is 2.53. The van der Waals surface area contributed by atoms with Gasteiger partial charge in [0.2, 0.25) is 0 Å². The van der Waals surface area contributed by atoms with Crippen LogP contribution < -0.4 is 0 Å². The maximum absolute atomic E-state index is 9.95. The number of hydrogen-bond donors (Lipinski definition) is 1. The molecule has 0 atom stereocenters. The van der Waals surface area contributed by atoms with E-state index in [0.717, 1.165) is 18.8 Å². The van der Waals surface area contributed by atoms with E-state index in [0.29, 0.717) is 5.75 Å². The van der Waals surface area contributed by atoms with Gasteiger partial charge < -0.3 is 5.11 Å². The smallest absolute Gasteiger partial charge is 0.119 e. The lowest BCUT2D eigenvalue weighted by Crippen LogP contribution is -2.10. The van der Waals surface area contributed by atoms with Gasteiger partial charge in [0.15, 0.2) is 0 Å². The minimum Gasteiger partial charge on any atom is -0.508 e. The molecule has 0 amide bonds. The molecule has 0 saturated heterocycles. The Labute approximate surface area is 98.5 Å². The standard InChI is InChI=1S/C15H22O/c1-2-13-9-6-10-15(16)14(13)11-12-7-4-3-5-8-12/h6,9-10,12,16H,2-5,7-8,11H2,1H3. The van der Waals surface area contributed by atoms with E-state index in [2.05, 4.69) is 13.0 Å². The second kappa shape index (κ2) is 5.38. The van der Waals surface area contributed by atoms with Crippen LogP contribution in [0.1, 0.15) is 50.2 Å². The molecule has 1 saturated carbocycles. The van der Waals surface area contributed by atoms with Crippen LogP contribution in [0.4, 0.5) is 0 Å². The van der Waals surface area contributed by atoms with Gasteiger partial charge in [0.05, 0.1) is 0 Å². The lowest BCUT2D eigenvalue weighted by molar-refractivity contribution is 0.351. The Balaban J connectivity index is 2.12. The summed E-state index contributed by atoms with van der Waals surface area (Å²) in [4.78, 5) is 0. The summed E-state index contributed by atoms with van der Waals surface area (Å²) in [5.74, 6) is 1.30. The molecule has 2 rings (SSSR count). The Kier molecular flexibility index (Phi) is 3.87. The molecule has 0 heterocycles. The van der Waals surface area contributed by atoms with E-state index in [1.54, 1.807) is 0 Å². The van der Waals surface area contributed by atoms with E-state index < -0.39 is 0 Å². The van der Waals surface area contributed by atoms with Crippen molar-refractivity contribution in [2.75, 3.05) is 0 Å². The number of benzene rings is 1. The minimum atomic E-state index is 0.505. The molecule has 0 aliphatic heterocycles. The van der Waals surface area contributed by atoms with Crippen LogP contribution in [0, 0.1) is 5.92 Å². The van der Waals surface area contributed by atoms with Crippen molar-refractivity contribution in [3.8, 4) is 5.75 Å². The molecule has 1 aromatic rings. The van der Waals surface area contributed by atoms with Gasteiger partial charge in [-0.3, -0.25) is 0 Å². The normalized spacial score (nSPS) is 17.6. The van der Waals surface area contributed by atoms with Crippen molar-refractivity contribution in [3.63, 3.8) is 0 Å². The second-order valence-corrected chi connectivity index (χ2v) is 4.98. The number of aryl methyl sites for hydroxylation is 1. The Bertz CT molecular complexity index is 337. The molecule has 88 valence electrons. The zero-order chi connectivity index (χ0) is 11.4. The van der Waals surface area contributed by atoms with Gasteiger partial charge in [0.1, 0.15) is 5.75 Å².